The van der Waals surface area contributed by atoms with E-state index in [0.717, 1.165) is 5.70 Å². The second kappa shape index (κ2) is 3.89. The second-order valence-corrected chi connectivity index (χ2v) is 2.80. The molecule has 1 rings (SSSR count). The van der Waals surface area contributed by atoms with Crippen LogP contribution in [0.2, 0.25) is 0 Å². The van der Waals surface area contributed by atoms with E-state index >= 15 is 0 Å². The number of carbonyl (C=O) groups is 1. The molecular formula is C9H13N2O2+. The zero-order valence-corrected chi connectivity index (χ0v) is 8.02. The topological polar surface area (TPSA) is 35.1 Å². The molecule has 0 spiro atoms. The van der Waals surface area contributed by atoms with Gasteiger partial charge in [-0.3, -0.25) is 0 Å². The number of aromatic nitrogens is 2. The first-order chi connectivity index (χ1) is 6.13. The van der Waals surface area contributed by atoms with E-state index in [1.807, 2.05) is 41.8 Å². The van der Waals surface area contributed by atoms with E-state index in [0.29, 0.717) is 0 Å². The third kappa shape index (κ3) is 2.43. The van der Waals surface area contributed by atoms with Gasteiger partial charge < -0.3 is 4.74 Å². The lowest BCUT2D eigenvalue weighted by Crippen LogP contribution is -2.23. The Bertz CT molecular complexity index is 339. The monoisotopic (exact) mass is 181 g/mol. The predicted octanol–water partition coefficient (Wildman–Crippen LogP) is 0.346. The molecule has 4 heteroatoms. The van der Waals surface area contributed by atoms with Crippen LogP contribution in [0.15, 0.2) is 24.8 Å². The Morgan fingerprint density at radius 2 is 2.31 bits per heavy atom. The summed E-state index contributed by atoms with van der Waals surface area (Å²) in [5.74, 6) is -0.339. The minimum Gasteiger partial charge on any atom is -0.466 e. The highest BCUT2D eigenvalue weighted by atomic mass is 16.5. The van der Waals surface area contributed by atoms with Crippen LogP contribution >= 0.6 is 0 Å². The van der Waals surface area contributed by atoms with Crippen molar-refractivity contribution in [3.8, 4) is 0 Å². The van der Waals surface area contributed by atoms with Gasteiger partial charge in [0.05, 0.1) is 20.2 Å². The number of rotatable bonds is 2. The van der Waals surface area contributed by atoms with Crippen molar-refractivity contribution in [2.24, 2.45) is 7.05 Å². The summed E-state index contributed by atoms with van der Waals surface area (Å²) in [7, 11) is 3.28. The van der Waals surface area contributed by atoms with Crippen LogP contribution in [0.3, 0.4) is 0 Å². The van der Waals surface area contributed by atoms with Crippen LogP contribution in [0.25, 0.3) is 5.70 Å². The molecule has 0 bridgehead atoms. The van der Waals surface area contributed by atoms with Gasteiger partial charge in [-0.05, 0) is 6.92 Å². The summed E-state index contributed by atoms with van der Waals surface area (Å²) in [6.07, 6.45) is 7.08. The van der Waals surface area contributed by atoms with Crippen LogP contribution in [0.5, 0.6) is 0 Å². The third-order valence-corrected chi connectivity index (χ3v) is 1.70. The second-order valence-electron chi connectivity index (χ2n) is 2.80. The molecule has 0 radical (unpaired) electrons. The molecule has 0 aromatic carbocycles. The average molecular weight is 181 g/mol. The number of nitrogens with zero attached hydrogens (tertiary/aromatic N) is 2. The first-order valence-electron chi connectivity index (χ1n) is 3.93. The van der Waals surface area contributed by atoms with Crippen molar-refractivity contribution in [3.05, 3.63) is 24.8 Å². The van der Waals surface area contributed by atoms with Crippen molar-refractivity contribution in [1.82, 2.24) is 4.57 Å². The number of hydrogen-bond acceptors (Lipinski definition) is 2. The maximum absolute atomic E-state index is 10.9. The van der Waals surface area contributed by atoms with Crippen LogP contribution in [-0.2, 0) is 16.6 Å². The Hall–Kier alpha value is -1.58. The summed E-state index contributed by atoms with van der Waals surface area (Å²) in [6, 6.07) is 0. The molecule has 4 nitrogen and oxygen atoms in total. The van der Waals surface area contributed by atoms with Crippen LogP contribution in [-0.4, -0.2) is 17.6 Å². The molecule has 0 saturated heterocycles. The lowest BCUT2D eigenvalue weighted by molar-refractivity contribution is -0.670. The van der Waals surface area contributed by atoms with E-state index in [-0.39, 0.29) is 5.97 Å². The normalized spacial score (nSPS) is 11.5. The predicted molar refractivity (Wildman–Crippen MR) is 47.6 cm³/mol. The molecule has 0 atom stereocenters. The quantitative estimate of drug-likeness (QED) is 0.375. The summed E-state index contributed by atoms with van der Waals surface area (Å²) in [5, 5.41) is 0. The Morgan fingerprint density at radius 1 is 1.62 bits per heavy atom. The number of allylic oxidation sites excluding steroid dienone is 1. The molecular weight excluding hydrogens is 168 g/mol. The van der Waals surface area contributed by atoms with Crippen molar-refractivity contribution in [2.45, 2.75) is 6.92 Å². The van der Waals surface area contributed by atoms with E-state index in [1.54, 1.807) is 0 Å². The highest BCUT2D eigenvalue weighted by Gasteiger charge is 2.04. The van der Waals surface area contributed by atoms with E-state index in [1.165, 1.54) is 13.2 Å². The summed E-state index contributed by atoms with van der Waals surface area (Å²) in [6.45, 7) is 1.84. The van der Waals surface area contributed by atoms with Gasteiger partial charge in [-0.2, -0.15) is 0 Å². The SMILES string of the molecule is COC(=O)/C=C(/C)n1cc[n+](C)c1. The fraction of sp³-hybridized carbons (Fsp3) is 0.333. The molecule has 0 N–H and O–H groups in total. The van der Waals surface area contributed by atoms with Crippen molar-refractivity contribution >= 4 is 11.7 Å². The average Bonchev–Trinajstić information content (AvgIpc) is 2.51. The minimum absolute atomic E-state index is 0.339. The molecule has 0 aliphatic carbocycles. The molecule has 13 heavy (non-hydrogen) atoms. The number of ether oxygens (including phenoxy) is 1. The van der Waals surface area contributed by atoms with Gasteiger partial charge in [0.1, 0.15) is 18.1 Å². The first-order valence-corrected chi connectivity index (χ1v) is 3.93. The summed E-state index contributed by atoms with van der Waals surface area (Å²) in [5.41, 5.74) is 0.826. The van der Waals surface area contributed by atoms with Crippen molar-refractivity contribution in [1.29, 1.82) is 0 Å². The maximum Gasteiger partial charge on any atom is 0.334 e. The number of carbonyl (C=O) groups excluding carboxylic acids is 1. The molecule has 0 aliphatic rings. The summed E-state index contributed by atoms with van der Waals surface area (Å²) < 4.78 is 8.26. The van der Waals surface area contributed by atoms with Gasteiger partial charge in [0.15, 0.2) is 0 Å². The fourth-order valence-electron chi connectivity index (χ4n) is 0.963. The van der Waals surface area contributed by atoms with Gasteiger partial charge in [0.2, 0.25) is 6.33 Å². The van der Waals surface area contributed by atoms with Crippen LogP contribution < -0.4 is 4.57 Å². The van der Waals surface area contributed by atoms with E-state index in [2.05, 4.69) is 4.74 Å². The van der Waals surface area contributed by atoms with Gasteiger partial charge in [-0.25, -0.2) is 13.9 Å². The number of imidazole rings is 1. The molecule has 70 valence electrons. The van der Waals surface area contributed by atoms with Gasteiger partial charge in [0, 0.05) is 0 Å². The zero-order valence-electron chi connectivity index (χ0n) is 8.02. The highest BCUT2D eigenvalue weighted by molar-refractivity contribution is 5.87. The molecule has 0 unspecified atom stereocenters. The number of esters is 1. The third-order valence-electron chi connectivity index (χ3n) is 1.70. The van der Waals surface area contributed by atoms with Crippen molar-refractivity contribution in [3.63, 3.8) is 0 Å². The molecule has 1 heterocycles. The number of aryl methyl sites for hydroxylation is 1. The van der Waals surface area contributed by atoms with Crippen LogP contribution in [0.1, 0.15) is 6.92 Å². The minimum atomic E-state index is -0.339. The Balaban J connectivity index is 2.84. The Kier molecular flexibility index (Phi) is 2.84. The molecule has 1 aromatic rings. The fourth-order valence-corrected chi connectivity index (χ4v) is 0.963. The van der Waals surface area contributed by atoms with Crippen LogP contribution in [0.4, 0.5) is 0 Å². The van der Waals surface area contributed by atoms with Gasteiger partial charge in [0.25, 0.3) is 0 Å². The summed E-state index contributed by atoms with van der Waals surface area (Å²) >= 11 is 0. The van der Waals surface area contributed by atoms with E-state index in [4.69, 9.17) is 0 Å². The lowest BCUT2D eigenvalue weighted by atomic mass is 10.4. The van der Waals surface area contributed by atoms with Crippen molar-refractivity contribution in [2.75, 3.05) is 7.11 Å². The van der Waals surface area contributed by atoms with Crippen LogP contribution in [0, 0.1) is 0 Å². The van der Waals surface area contributed by atoms with Gasteiger partial charge in [-0.15, -0.1) is 0 Å². The zero-order chi connectivity index (χ0) is 9.84. The standard InChI is InChI=1S/C9H13N2O2/c1-8(6-9(12)13-3)11-5-4-10(2)7-11/h4-7H,1-3H3/q+1/b8-6-. The smallest absolute Gasteiger partial charge is 0.334 e. The summed E-state index contributed by atoms with van der Waals surface area (Å²) in [4.78, 5) is 10.9. The molecule has 0 aliphatic heterocycles. The lowest BCUT2D eigenvalue weighted by Gasteiger charge is -1.93. The maximum atomic E-state index is 10.9. The number of hydrogen-bond donors (Lipinski definition) is 0. The first kappa shape index (κ1) is 9.51. The van der Waals surface area contributed by atoms with Crippen molar-refractivity contribution < 1.29 is 14.1 Å². The van der Waals surface area contributed by atoms with E-state index in [9.17, 15) is 4.79 Å². The molecule has 1 aromatic heterocycles. The van der Waals surface area contributed by atoms with Gasteiger partial charge >= 0.3 is 5.97 Å². The highest BCUT2D eigenvalue weighted by Crippen LogP contribution is 2.00. The van der Waals surface area contributed by atoms with E-state index < -0.39 is 0 Å². The molecule has 0 fully saturated rings. The Labute approximate surface area is 77.1 Å². The Morgan fingerprint density at radius 3 is 2.77 bits per heavy atom. The van der Waals surface area contributed by atoms with Gasteiger partial charge in [-0.1, -0.05) is 0 Å². The largest absolute Gasteiger partial charge is 0.466 e. The molecule has 0 saturated carbocycles. The number of methoxy groups -OCH3 is 1. The molecule has 0 amide bonds.